The second-order valence-corrected chi connectivity index (χ2v) is 6.33. The van der Waals surface area contributed by atoms with Crippen LogP contribution in [0.1, 0.15) is 52.9 Å². The molecule has 0 aromatic rings. The van der Waals surface area contributed by atoms with Gasteiger partial charge in [-0.3, -0.25) is 14.4 Å². The first-order chi connectivity index (χ1) is 10.8. The topological polar surface area (TPSA) is 83.5 Å². The van der Waals surface area contributed by atoms with Gasteiger partial charge in [-0.1, -0.05) is 6.92 Å². The average Bonchev–Trinajstić information content (AvgIpc) is 2.78. The van der Waals surface area contributed by atoms with E-state index in [0.29, 0.717) is 32.2 Å². The molecule has 23 heavy (non-hydrogen) atoms. The van der Waals surface area contributed by atoms with Crippen LogP contribution in [-0.4, -0.2) is 36.2 Å². The molecule has 0 radical (unpaired) electrons. The van der Waals surface area contributed by atoms with E-state index in [1.807, 2.05) is 20.8 Å². The molecule has 1 atom stereocenters. The van der Waals surface area contributed by atoms with Gasteiger partial charge in [0.1, 0.15) is 0 Å². The van der Waals surface area contributed by atoms with Crippen molar-refractivity contribution in [2.24, 2.45) is 5.92 Å². The first-order valence-corrected chi connectivity index (χ1v) is 8.10. The van der Waals surface area contributed by atoms with Gasteiger partial charge in [-0.25, -0.2) is 0 Å². The predicted octanol–water partition coefficient (Wildman–Crippen LogP) is 2.66. The van der Waals surface area contributed by atoms with Crippen LogP contribution in [0.25, 0.3) is 0 Å². The molecule has 0 aromatic heterocycles. The van der Waals surface area contributed by atoms with Gasteiger partial charge in [0, 0.05) is 43.4 Å². The summed E-state index contributed by atoms with van der Waals surface area (Å²) in [6.45, 7) is 6.26. The predicted molar refractivity (Wildman–Crippen MR) is 89.2 cm³/mol. The Kier molecular flexibility index (Phi) is 7.36. The highest BCUT2D eigenvalue weighted by molar-refractivity contribution is 6.05. The smallest absolute Gasteiger partial charge is 0.303 e. The second-order valence-electron chi connectivity index (χ2n) is 6.33. The van der Waals surface area contributed by atoms with E-state index in [0.717, 1.165) is 22.3 Å². The van der Waals surface area contributed by atoms with Gasteiger partial charge in [0.15, 0.2) is 11.6 Å². The SMILES string of the molecule is CNCCC(=O)C1=C(C)C(C)=C(C(=O)CCC(C)CC(=O)O)C1. The third kappa shape index (κ3) is 5.43. The van der Waals surface area contributed by atoms with Crippen LogP contribution in [0.2, 0.25) is 0 Å². The summed E-state index contributed by atoms with van der Waals surface area (Å²) in [5.74, 6) is -0.727. The highest BCUT2D eigenvalue weighted by Gasteiger charge is 2.27. The van der Waals surface area contributed by atoms with Crippen molar-refractivity contribution in [2.75, 3.05) is 13.6 Å². The normalized spacial score (nSPS) is 16.0. The van der Waals surface area contributed by atoms with Crippen LogP contribution >= 0.6 is 0 Å². The molecule has 0 fully saturated rings. The van der Waals surface area contributed by atoms with E-state index in [-0.39, 0.29) is 23.9 Å². The maximum absolute atomic E-state index is 12.4. The number of aliphatic carboxylic acids is 1. The second kappa shape index (κ2) is 8.77. The van der Waals surface area contributed by atoms with Gasteiger partial charge in [-0.15, -0.1) is 0 Å². The Morgan fingerprint density at radius 2 is 1.61 bits per heavy atom. The molecule has 5 heteroatoms. The number of hydrogen-bond donors (Lipinski definition) is 2. The summed E-state index contributed by atoms with van der Waals surface area (Å²) in [4.78, 5) is 35.3. The number of hydrogen-bond acceptors (Lipinski definition) is 4. The van der Waals surface area contributed by atoms with Crippen LogP contribution in [0.3, 0.4) is 0 Å². The fraction of sp³-hybridized carbons (Fsp3) is 0.611. The van der Waals surface area contributed by atoms with Crippen molar-refractivity contribution < 1.29 is 19.5 Å². The lowest BCUT2D eigenvalue weighted by Gasteiger charge is -2.09. The van der Waals surface area contributed by atoms with Gasteiger partial charge in [0.05, 0.1) is 0 Å². The number of carbonyl (C=O) groups is 3. The maximum Gasteiger partial charge on any atom is 0.303 e. The summed E-state index contributed by atoms with van der Waals surface area (Å²) in [6.07, 6.45) is 1.84. The zero-order chi connectivity index (χ0) is 17.6. The molecule has 0 aliphatic heterocycles. The summed E-state index contributed by atoms with van der Waals surface area (Å²) in [5, 5.41) is 11.7. The van der Waals surface area contributed by atoms with Gasteiger partial charge < -0.3 is 10.4 Å². The minimum absolute atomic E-state index is 0.0236. The van der Waals surface area contributed by atoms with Crippen molar-refractivity contribution in [3.05, 3.63) is 22.3 Å². The number of carboxylic acid groups (broad SMARTS) is 1. The highest BCUT2D eigenvalue weighted by Crippen LogP contribution is 2.34. The van der Waals surface area contributed by atoms with Gasteiger partial charge in [0.25, 0.3) is 0 Å². The molecule has 1 aliphatic carbocycles. The van der Waals surface area contributed by atoms with E-state index in [9.17, 15) is 14.4 Å². The number of ketones is 2. The number of carboxylic acids is 1. The van der Waals surface area contributed by atoms with Crippen LogP contribution in [0, 0.1) is 5.92 Å². The monoisotopic (exact) mass is 321 g/mol. The number of rotatable bonds is 10. The third-order valence-electron chi connectivity index (χ3n) is 4.48. The summed E-state index contributed by atoms with van der Waals surface area (Å²) < 4.78 is 0. The van der Waals surface area contributed by atoms with E-state index in [4.69, 9.17) is 5.11 Å². The Balaban J connectivity index is 2.64. The first kappa shape index (κ1) is 19.3. The number of nitrogens with one attached hydrogen (secondary N) is 1. The van der Waals surface area contributed by atoms with Crippen LogP contribution in [0.4, 0.5) is 0 Å². The summed E-state index contributed by atoms with van der Waals surface area (Å²) in [7, 11) is 1.81. The van der Waals surface area contributed by atoms with E-state index in [1.54, 1.807) is 7.05 Å². The van der Waals surface area contributed by atoms with Crippen LogP contribution < -0.4 is 5.32 Å². The molecule has 1 unspecified atom stereocenters. The molecule has 128 valence electrons. The van der Waals surface area contributed by atoms with Crippen molar-refractivity contribution in [1.29, 1.82) is 0 Å². The Morgan fingerprint density at radius 1 is 1.09 bits per heavy atom. The van der Waals surface area contributed by atoms with E-state index >= 15 is 0 Å². The van der Waals surface area contributed by atoms with Gasteiger partial charge in [-0.05, 0) is 44.4 Å². The van der Waals surface area contributed by atoms with Gasteiger partial charge in [0.2, 0.25) is 0 Å². The van der Waals surface area contributed by atoms with Gasteiger partial charge in [-0.2, -0.15) is 0 Å². The van der Waals surface area contributed by atoms with Crippen molar-refractivity contribution in [2.45, 2.75) is 52.9 Å². The number of allylic oxidation sites excluding steroid dienone is 4. The number of carbonyl (C=O) groups excluding carboxylic acids is 2. The largest absolute Gasteiger partial charge is 0.481 e. The lowest BCUT2D eigenvalue weighted by molar-refractivity contribution is -0.138. The summed E-state index contributed by atoms with van der Waals surface area (Å²) in [6, 6.07) is 0. The molecule has 0 spiro atoms. The minimum atomic E-state index is -0.837. The average molecular weight is 321 g/mol. The van der Waals surface area contributed by atoms with Crippen LogP contribution in [-0.2, 0) is 14.4 Å². The minimum Gasteiger partial charge on any atom is -0.481 e. The Morgan fingerprint density at radius 3 is 2.09 bits per heavy atom. The summed E-state index contributed by atoms with van der Waals surface area (Å²) >= 11 is 0. The van der Waals surface area contributed by atoms with Crippen molar-refractivity contribution in [3.63, 3.8) is 0 Å². The fourth-order valence-electron chi connectivity index (χ4n) is 2.83. The van der Waals surface area contributed by atoms with Crippen molar-refractivity contribution in [3.8, 4) is 0 Å². The maximum atomic E-state index is 12.4. The zero-order valence-electron chi connectivity index (χ0n) is 14.5. The van der Waals surface area contributed by atoms with Crippen LogP contribution in [0.5, 0.6) is 0 Å². The first-order valence-electron chi connectivity index (χ1n) is 8.10. The van der Waals surface area contributed by atoms with Gasteiger partial charge >= 0.3 is 5.97 Å². The standard InChI is InChI=1S/C18H27NO4/c1-11(9-18(22)23)5-6-16(20)14-10-15(13(3)12(14)2)17(21)7-8-19-4/h11,19H,5-10H2,1-4H3,(H,22,23). The highest BCUT2D eigenvalue weighted by atomic mass is 16.4. The van der Waals surface area contributed by atoms with Crippen molar-refractivity contribution >= 4 is 17.5 Å². The molecule has 0 aromatic carbocycles. The molecule has 0 saturated carbocycles. The third-order valence-corrected chi connectivity index (χ3v) is 4.48. The molecule has 1 rings (SSSR count). The van der Waals surface area contributed by atoms with E-state index in [1.165, 1.54) is 0 Å². The lowest BCUT2D eigenvalue weighted by Crippen LogP contribution is -2.15. The Hall–Kier alpha value is -1.75. The quantitative estimate of drug-likeness (QED) is 0.646. The molecule has 1 aliphatic rings. The molecule has 0 bridgehead atoms. The Labute approximate surface area is 137 Å². The van der Waals surface area contributed by atoms with E-state index < -0.39 is 5.97 Å². The molecule has 0 saturated heterocycles. The molecule has 2 N–H and O–H groups in total. The van der Waals surface area contributed by atoms with Crippen LogP contribution in [0.15, 0.2) is 22.3 Å². The molecular formula is C18H27NO4. The fourth-order valence-corrected chi connectivity index (χ4v) is 2.83. The molecule has 0 amide bonds. The Bertz CT molecular complexity index is 557. The molecular weight excluding hydrogens is 294 g/mol. The summed E-state index contributed by atoms with van der Waals surface area (Å²) in [5.41, 5.74) is 3.30. The number of Topliss-reactive ketones (excluding diaryl/α,β-unsaturated/α-hetero) is 2. The molecule has 0 heterocycles. The molecule has 5 nitrogen and oxygen atoms in total. The van der Waals surface area contributed by atoms with E-state index in [2.05, 4.69) is 5.32 Å². The van der Waals surface area contributed by atoms with Crippen molar-refractivity contribution in [1.82, 2.24) is 5.32 Å². The zero-order valence-corrected chi connectivity index (χ0v) is 14.5. The lowest BCUT2D eigenvalue weighted by atomic mass is 9.95.